The van der Waals surface area contributed by atoms with E-state index in [1.54, 1.807) is 24.2 Å². The quantitative estimate of drug-likeness (QED) is 0.181. The van der Waals surface area contributed by atoms with E-state index in [4.69, 9.17) is 0 Å². The van der Waals surface area contributed by atoms with E-state index < -0.39 is 18.4 Å². The van der Waals surface area contributed by atoms with Crippen molar-refractivity contribution in [1.82, 2.24) is 0 Å². The summed E-state index contributed by atoms with van der Waals surface area (Å²) in [5.41, 5.74) is 0. The van der Waals surface area contributed by atoms with Gasteiger partial charge in [0.25, 0.3) is 0 Å². The maximum atomic E-state index is 3.95. The van der Waals surface area contributed by atoms with Crippen LogP contribution >= 0.6 is 0 Å². The van der Waals surface area contributed by atoms with Gasteiger partial charge in [0, 0.05) is 0 Å². The molecule has 0 rings (SSSR count). The van der Waals surface area contributed by atoms with Crippen molar-refractivity contribution in [2.75, 3.05) is 0 Å². The molecule has 0 fully saturated rings. The van der Waals surface area contributed by atoms with Crippen LogP contribution in [0.15, 0.2) is 0 Å². The Bertz CT molecular complexity index is 178. The minimum absolute atomic E-state index is 1.13. The summed E-state index contributed by atoms with van der Waals surface area (Å²) in [6.45, 7) is 11.1. The molecular formula is C20H43Sn. The fourth-order valence-electron chi connectivity index (χ4n) is 3.61. The van der Waals surface area contributed by atoms with Crippen LogP contribution in [0.1, 0.15) is 97.8 Å². The van der Waals surface area contributed by atoms with Crippen molar-refractivity contribution in [2.24, 2.45) is 0 Å². The number of rotatable bonds is 16. The Morgan fingerprint density at radius 3 is 1.33 bits per heavy atom. The number of unbranched alkanes of at least 4 members (excludes halogenated alkanes) is 8. The normalized spacial score (nSPS) is 12.0. The molecule has 0 aromatic rings. The summed E-state index contributed by atoms with van der Waals surface area (Å²) < 4.78 is 6.80. The van der Waals surface area contributed by atoms with Crippen molar-refractivity contribution >= 4 is 18.4 Å². The summed E-state index contributed by atoms with van der Waals surface area (Å²) in [6.07, 6.45) is 17.3. The Labute approximate surface area is 140 Å². The van der Waals surface area contributed by atoms with Crippen LogP contribution in [0.3, 0.4) is 0 Å². The van der Waals surface area contributed by atoms with E-state index in [-0.39, 0.29) is 0 Å². The third kappa shape index (κ3) is 12.0. The molecule has 0 aliphatic heterocycles. The van der Waals surface area contributed by atoms with Crippen molar-refractivity contribution in [1.29, 1.82) is 0 Å². The van der Waals surface area contributed by atoms with E-state index in [0.29, 0.717) is 0 Å². The number of hydrogen-bond donors (Lipinski definition) is 0. The summed E-state index contributed by atoms with van der Waals surface area (Å²) in [6, 6.07) is 0. The zero-order valence-corrected chi connectivity index (χ0v) is 18.4. The molecule has 0 spiro atoms. The van der Waals surface area contributed by atoms with E-state index in [0.717, 1.165) is 6.42 Å². The molecule has 1 radical (unpaired) electrons. The van der Waals surface area contributed by atoms with Gasteiger partial charge in [0.2, 0.25) is 0 Å². The SMILES string of the molecule is [CH2]CCCCCC[CH2][Sn]([CH2]CCC)([CH2]CCC)[CH2]CCC. The summed E-state index contributed by atoms with van der Waals surface area (Å²) in [5.74, 6) is 0. The van der Waals surface area contributed by atoms with Gasteiger partial charge in [-0.3, -0.25) is 0 Å². The maximum absolute atomic E-state index is 3.95. The molecule has 21 heavy (non-hydrogen) atoms. The second kappa shape index (κ2) is 15.7. The molecule has 0 atom stereocenters. The summed E-state index contributed by atoms with van der Waals surface area (Å²) >= 11 is -1.77. The van der Waals surface area contributed by atoms with Gasteiger partial charge in [-0.25, -0.2) is 0 Å². The van der Waals surface area contributed by atoms with Gasteiger partial charge in [-0.05, 0) is 0 Å². The van der Waals surface area contributed by atoms with Gasteiger partial charge in [0.15, 0.2) is 0 Å². The fourth-order valence-corrected chi connectivity index (χ4v) is 20.2. The average Bonchev–Trinajstić information content (AvgIpc) is 2.51. The van der Waals surface area contributed by atoms with E-state index in [2.05, 4.69) is 27.7 Å². The van der Waals surface area contributed by atoms with Crippen molar-refractivity contribution in [3.05, 3.63) is 6.92 Å². The molecule has 0 saturated heterocycles. The summed E-state index contributed by atoms with van der Waals surface area (Å²) in [4.78, 5) is 0. The Morgan fingerprint density at radius 1 is 0.524 bits per heavy atom. The van der Waals surface area contributed by atoms with Crippen LogP contribution in [0, 0.1) is 6.92 Å². The van der Waals surface area contributed by atoms with E-state index in [1.807, 2.05) is 0 Å². The Balaban J connectivity index is 4.28. The first-order valence-corrected chi connectivity index (χ1v) is 18.1. The topological polar surface area (TPSA) is 0 Å². The molecule has 0 amide bonds. The first kappa shape index (κ1) is 21.8. The van der Waals surface area contributed by atoms with Crippen LogP contribution in [-0.4, -0.2) is 18.4 Å². The second-order valence-corrected chi connectivity index (χ2v) is 21.5. The Kier molecular flexibility index (Phi) is 16.3. The van der Waals surface area contributed by atoms with Crippen LogP contribution < -0.4 is 0 Å². The Hall–Kier alpha value is 0.799. The molecule has 0 unspecified atom stereocenters. The fraction of sp³-hybridized carbons (Fsp3) is 0.950. The zero-order chi connectivity index (χ0) is 15.8. The van der Waals surface area contributed by atoms with Gasteiger partial charge in [-0.15, -0.1) is 0 Å². The molecule has 0 aromatic carbocycles. The van der Waals surface area contributed by atoms with Crippen LogP contribution in [0.4, 0.5) is 0 Å². The molecule has 0 saturated carbocycles. The monoisotopic (exact) mass is 403 g/mol. The molecule has 0 aromatic heterocycles. The zero-order valence-electron chi connectivity index (χ0n) is 15.5. The molecule has 0 aliphatic carbocycles. The molecule has 0 bridgehead atoms. The van der Waals surface area contributed by atoms with Gasteiger partial charge in [0.05, 0.1) is 0 Å². The molecular weight excluding hydrogens is 359 g/mol. The predicted molar refractivity (Wildman–Crippen MR) is 103 cm³/mol. The third-order valence-electron chi connectivity index (χ3n) is 5.14. The van der Waals surface area contributed by atoms with Gasteiger partial charge in [0.1, 0.15) is 0 Å². The van der Waals surface area contributed by atoms with Crippen molar-refractivity contribution in [3.63, 3.8) is 0 Å². The van der Waals surface area contributed by atoms with Gasteiger partial charge in [-0.1, -0.05) is 0 Å². The molecule has 0 N–H and O–H groups in total. The standard InChI is InChI=1S/C8H16.3C4H9.Sn/c1-3-5-7-8-6-4-2;3*1-3-4-2;/h1-8H2;3*1,3-4H2,2H3;. The summed E-state index contributed by atoms with van der Waals surface area (Å²) in [7, 11) is 0. The van der Waals surface area contributed by atoms with Crippen LogP contribution in [0.5, 0.6) is 0 Å². The molecule has 0 nitrogen and oxygen atoms in total. The van der Waals surface area contributed by atoms with Crippen LogP contribution in [0.2, 0.25) is 17.7 Å². The molecule has 127 valence electrons. The molecule has 0 heterocycles. The molecule has 0 aliphatic rings. The van der Waals surface area contributed by atoms with Gasteiger partial charge in [-0.2, -0.15) is 0 Å². The average molecular weight is 402 g/mol. The predicted octanol–water partition coefficient (Wildman–Crippen LogP) is 8.01. The first-order chi connectivity index (χ1) is 10.2. The van der Waals surface area contributed by atoms with E-state index in [1.165, 1.54) is 64.2 Å². The third-order valence-corrected chi connectivity index (χ3v) is 21.3. The number of hydrogen-bond acceptors (Lipinski definition) is 0. The van der Waals surface area contributed by atoms with Crippen LogP contribution in [0.25, 0.3) is 0 Å². The van der Waals surface area contributed by atoms with Gasteiger partial charge >= 0.3 is 141 Å². The van der Waals surface area contributed by atoms with Crippen molar-refractivity contribution in [3.8, 4) is 0 Å². The molecule has 1 heteroatoms. The van der Waals surface area contributed by atoms with Crippen LogP contribution in [-0.2, 0) is 0 Å². The van der Waals surface area contributed by atoms with E-state index in [9.17, 15) is 0 Å². The second-order valence-electron chi connectivity index (χ2n) is 7.18. The van der Waals surface area contributed by atoms with E-state index >= 15 is 0 Å². The first-order valence-electron chi connectivity index (χ1n) is 10.0. The van der Waals surface area contributed by atoms with Crippen molar-refractivity contribution in [2.45, 2.75) is 116 Å². The summed E-state index contributed by atoms with van der Waals surface area (Å²) in [5, 5.41) is 0. The van der Waals surface area contributed by atoms with Crippen molar-refractivity contribution < 1.29 is 0 Å². The Morgan fingerprint density at radius 2 is 0.905 bits per heavy atom. The van der Waals surface area contributed by atoms with Gasteiger partial charge < -0.3 is 0 Å². The minimum atomic E-state index is -1.77.